The Kier molecular flexibility index (Phi) is 2.17. The van der Waals surface area contributed by atoms with Crippen LogP contribution >= 0.6 is 11.8 Å². The zero-order chi connectivity index (χ0) is 6.74. The molecule has 1 aliphatic heterocycles. The molecule has 0 N–H and O–H groups in total. The second-order valence-electron chi connectivity index (χ2n) is 2.28. The van der Waals surface area contributed by atoms with E-state index in [4.69, 9.17) is 0 Å². The van der Waals surface area contributed by atoms with Crippen LogP contribution in [-0.2, 0) is 0 Å². The fourth-order valence-corrected chi connectivity index (χ4v) is 2.09. The SMILES string of the molecule is CCC1(CC)N=CCS1. The molecule has 1 heterocycles. The van der Waals surface area contributed by atoms with Crippen LogP contribution in [0.1, 0.15) is 26.7 Å². The molecule has 0 unspecified atom stereocenters. The maximum Gasteiger partial charge on any atom is 0.105 e. The van der Waals surface area contributed by atoms with Crippen molar-refractivity contribution in [2.75, 3.05) is 5.75 Å². The van der Waals surface area contributed by atoms with Crippen LogP contribution in [-0.4, -0.2) is 16.8 Å². The highest BCUT2D eigenvalue weighted by molar-refractivity contribution is 8.01. The van der Waals surface area contributed by atoms with Crippen molar-refractivity contribution >= 4 is 18.0 Å². The van der Waals surface area contributed by atoms with Gasteiger partial charge in [0.2, 0.25) is 0 Å². The normalized spacial score (nSPS) is 22.9. The number of hydrogen-bond donors (Lipinski definition) is 0. The summed E-state index contributed by atoms with van der Waals surface area (Å²) in [5.41, 5.74) is 0. The van der Waals surface area contributed by atoms with Crippen LogP contribution in [0.5, 0.6) is 0 Å². The second kappa shape index (κ2) is 2.74. The molecule has 0 amide bonds. The fourth-order valence-electron chi connectivity index (χ4n) is 1.07. The molecule has 0 aromatic rings. The minimum absolute atomic E-state index is 0.264. The lowest BCUT2D eigenvalue weighted by molar-refractivity contribution is 0.583. The third kappa shape index (κ3) is 1.29. The third-order valence-electron chi connectivity index (χ3n) is 1.86. The van der Waals surface area contributed by atoms with E-state index in [2.05, 4.69) is 18.8 Å². The maximum atomic E-state index is 4.44. The minimum Gasteiger partial charge on any atom is -0.279 e. The first-order valence-corrected chi connectivity index (χ1v) is 4.49. The van der Waals surface area contributed by atoms with E-state index in [0.717, 1.165) is 5.75 Å². The molecule has 1 nitrogen and oxygen atoms in total. The number of nitrogens with zero attached hydrogens (tertiary/aromatic N) is 1. The molecule has 0 saturated carbocycles. The molecule has 9 heavy (non-hydrogen) atoms. The summed E-state index contributed by atoms with van der Waals surface area (Å²) in [5, 5.41) is 0. The van der Waals surface area contributed by atoms with Gasteiger partial charge < -0.3 is 0 Å². The Morgan fingerprint density at radius 1 is 1.56 bits per heavy atom. The van der Waals surface area contributed by atoms with Crippen molar-refractivity contribution in [3.63, 3.8) is 0 Å². The van der Waals surface area contributed by atoms with E-state index in [1.807, 2.05) is 18.0 Å². The van der Waals surface area contributed by atoms with Gasteiger partial charge in [0.25, 0.3) is 0 Å². The molecule has 0 bridgehead atoms. The third-order valence-corrected chi connectivity index (χ3v) is 3.39. The van der Waals surface area contributed by atoms with Gasteiger partial charge in [0, 0.05) is 12.0 Å². The summed E-state index contributed by atoms with van der Waals surface area (Å²) in [4.78, 5) is 4.71. The molecule has 1 rings (SSSR count). The summed E-state index contributed by atoms with van der Waals surface area (Å²) in [7, 11) is 0. The minimum atomic E-state index is 0.264. The molecule has 0 spiro atoms. The van der Waals surface area contributed by atoms with Gasteiger partial charge in [0.15, 0.2) is 0 Å². The zero-order valence-corrected chi connectivity index (χ0v) is 6.87. The van der Waals surface area contributed by atoms with Crippen LogP contribution in [0.3, 0.4) is 0 Å². The fraction of sp³-hybridized carbons (Fsp3) is 0.857. The zero-order valence-electron chi connectivity index (χ0n) is 6.05. The highest BCUT2D eigenvalue weighted by atomic mass is 32.2. The van der Waals surface area contributed by atoms with Crippen molar-refractivity contribution in [3.8, 4) is 0 Å². The molecular formula is C7H13NS. The van der Waals surface area contributed by atoms with E-state index in [-0.39, 0.29) is 4.87 Å². The average molecular weight is 143 g/mol. The largest absolute Gasteiger partial charge is 0.279 e. The predicted molar refractivity (Wildman–Crippen MR) is 44.3 cm³/mol. The quantitative estimate of drug-likeness (QED) is 0.578. The lowest BCUT2D eigenvalue weighted by Crippen LogP contribution is -2.15. The first kappa shape index (κ1) is 7.13. The van der Waals surface area contributed by atoms with Crippen molar-refractivity contribution in [2.24, 2.45) is 4.99 Å². The Morgan fingerprint density at radius 3 is 2.44 bits per heavy atom. The van der Waals surface area contributed by atoms with Crippen LogP contribution < -0.4 is 0 Å². The van der Waals surface area contributed by atoms with E-state index in [1.54, 1.807) is 0 Å². The Hall–Kier alpha value is 0.0200. The standard InChI is InChI=1S/C7H13NS/c1-3-7(4-2)8-5-6-9-7/h5H,3-4,6H2,1-2H3. The lowest BCUT2D eigenvalue weighted by atomic mass is 10.2. The molecular weight excluding hydrogens is 130 g/mol. The number of rotatable bonds is 2. The van der Waals surface area contributed by atoms with E-state index >= 15 is 0 Å². The van der Waals surface area contributed by atoms with Crippen molar-refractivity contribution in [3.05, 3.63) is 0 Å². The molecule has 0 aromatic carbocycles. The van der Waals surface area contributed by atoms with Crippen molar-refractivity contribution in [2.45, 2.75) is 31.6 Å². The summed E-state index contributed by atoms with van der Waals surface area (Å²) in [5.74, 6) is 1.11. The first-order valence-electron chi connectivity index (χ1n) is 3.50. The number of hydrogen-bond acceptors (Lipinski definition) is 2. The smallest absolute Gasteiger partial charge is 0.105 e. The predicted octanol–water partition coefficient (Wildman–Crippen LogP) is 2.32. The van der Waals surface area contributed by atoms with Crippen LogP contribution in [0.4, 0.5) is 0 Å². The average Bonchev–Trinajstić information content (AvgIpc) is 2.36. The second-order valence-corrected chi connectivity index (χ2v) is 3.66. The van der Waals surface area contributed by atoms with Crippen molar-refractivity contribution in [1.82, 2.24) is 0 Å². The van der Waals surface area contributed by atoms with Crippen molar-refractivity contribution < 1.29 is 0 Å². The van der Waals surface area contributed by atoms with Gasteiger partial charge in [-0.05, 0) is 12.8 Å². The van der Waals surface area contributed by atoms with Gasteiger partial charge in [-0.15, -0.1) is 11.8 Å². The molecule has 0 atom stereocenters. The van der Waals surface area contributed by atoms with E-state index in [9.17, 15) is 0 Å². The molecule has 52 valence electrons. The summed E-state index contributed by atoms with van der Waals surface area (Å²) in [6.45, 7) is 4.42. The van der Waals surface area contributed by atoms with Crippen LogP contribution in [0.25, 0.3) is 0 Å². The first-order chi connectivity index (χ1) is 4.33. The Balaban J connectivity index is 2.57. The van der Waals surface area contributed by atoms with Gasteiger partial charge in [0.05, 0.1) is 0 Å². The van der Waals surface area contributed by atoms with Gasteiger partial charge in [-0.25, -0.2) is 0 Å². The van der Waals surface area contributed by atoms with E-state index in [1.165, 1.54) is 12.8 Å². The topological polar surface area (TPSA) is 12.4 Å². The van der Waals surface area contributed by atoms with E-state index in [0.29, 0.717) is 0 Å². The van der Waals surface area contributed by atoms with Crippen molar-refractivity contribution in [1.29, 1.82) is 0 Å². The monoisotopic (exact) mass is 143 g/mol. The Morgan fingerprint density at radius 2 is 2.22 bits per heavy atom. The summed E-state index contributed by atoms with van der Waals surface area (Å²) >= 11 is 1.97. The van der Waals surface area contributed by atoms with Crippen LogP contribution in [0.2, 0.25) is 0 Å². The molecule has 0 fully saturated rings. The number of aliphatic imine (C=N–C) groups is 1. The van der Waals surface area contributed by atoms with E-state index < -0.39 is 0 Å². The van der Waals surface area contributed by atoms with Gasteiger partial charge in [-0.3, -0.25) is 4.99 Å². The van der Waals surface area contributed by atoms with Crippen LogP contribution in [0, 0.1) is 0 Å². The Bertz CT molecular complexity index is 116. The lowest BCUT2D eigenvalue weighted by Gasteiger charge is -2.20. The molecule has 0 aliphatic carbocycles. The molecule has 2 heteroatoms. The summed E-state index contributed by atoms with van der Waals surface area (Å²) in [6, 6.07) is 0. The molecule has 1 aliphatic rings. The maximum absolute atomic E-state index is 4.44. The van der Waals surface area contributed by atoms with Gasteiger partial charge in [-0.1, -0.05) is 13.8 Å². The van der Waals surface area contributed by atoms with Gasteiger partial charge in [0.1, 0.15) is 4.87 Å². The summed E-state index contributed by atoms with van der Waals surface area (Å²) < 4.78 is 0. The summed E-state index contributed by atoms with van der Waals surface area (Å²) in [6.07, 6.45) is 4.38. The van der Waals surface area contributed by atoms with Gasteiger partial charge >= 0.3 is 0 Å². The van der Waals surface area contributed by atoms with Gasteiger partial charge in [-0.2, -0.15) is 0 Å². The molecule has 0 radical (unpaired) electrons. The highest BCUT2D eigenvalue weighted by Crippen LogP contribution is 2.36. The molecule has 0 saturated heterocycles. The van der Waals surface area contributed by atoms with Crippen LogP contribution in [0.15, 0.2) is 4.99 Å². The number of thioether (sulfide) groups is 1. The molecule has 0 aromatic heterocycles. The Labute approximate surface area is 60.9 Å². The highest BCUT2D eigenvalue weighted by Gasteiger charge is 2.27.